The molecule has 0 aliphatic heterocycles. The SMILES string of the molecule is CO[PH](=O)O.c1ccc2[nH]nnc2c1. The Kier molecular flexibility index (Phi) is 4.25. The first-order valence-electron chi connectivity index (χ1n) is 3.76. The summed E-state index contributed by atoms with van der Waals surface area (Å²) >= 11 is 0. The van der Waals surface area contributed by atoms with Gasteiger partial charge in [-0.3, -0.25) is 9.66 Å². The number of nitrogens with zero attached hydrogens (tertiary/aromatic N) is 2. The van der Waals surface area contributed by atoms with Gasteiger partial charge in [-0.15, -0.1) is 5.10 Å². The van der Waals surface area contributed by atoms with Crippen LogP contribution in [-0.2, 0) is 9.09 Å². The van der Waals surface area contributed by atoms with Gasteiger partial charge in [0.15, 0.2) is 0 Å². The topological polar surface area (TPSA) is 88.1 Å². The van der Waals surface area contributed by atoms with Crippen molar-refractivity contribution in [3.05, 3.63) is 24.3 Å². The number of rotatable bonds is 1. The zero-order chi connectivity index (χ0) is 10.4. The molecular formula is C7H10N3O3P. The summed E-state index contributed by atoms with van der Waals surface area (Å²) in [4.78, 5) is 7.69. The molecule has 0 amide bonds. The maximum atomic E-state index is 9.33. The van der Waals surface area contributed by atoms with Crippen molar-refractivity contribution in [3.63, 3.8) is 0 Å². The van der Waals surface area contributed by atoms with Crippen molar-refractivity contribution in [1.29, 1.82) is 0 Å². The van der Waals surface area contributed by atoms with E-state index in [0.29, 0.717) is 0 Å². The van der Waals surface area contributed by atoms with Crippen LogP contribution in [0.1, 0.15) is 0 Å². The maximum absolute atomic E-state index is 9.33. The Balaban J connectivity index is 0.000000171. The van der Waals surface area contributed by atoms with Gasteiger partial charge in [0.05, 0.1) is 5.52 Å². The van der Waals surface area contributed by atoms with E-state index < -0.39 is 8.25 Å². The molecule has 0 bridgehead atoms. The van der Waals surface area contributed by atoms with Crippen LogP contribution in [-0.4, -0.2) is 27.4 Å². The van der Waals surface area contributed by atoms with E-state index in [1.165, 1.54) is 7.11 Å². The maximum Gasteiger partial charge on any atom is 0.316 e. The van der Waals surface area contributed by atoms with Gasteiger partial charge < -0.3 is 9.42 Å². The molecule has 0 saturated heterocycles. The summed E-state index contributed by atoms with van der Waals surface area (Å²) in [5.41, 5.74) is 1.90. The molecule has 2 rings (SSSR count). The highest BCUT2D eigenvalue weighted by molar-refractivity contribution is 7.32. The lowest BCUT2D eigenvalue weighted by atomic mass is 10.3. The predicted octanol–water partition coefficient (Wildman–Crippen LogP) is 0.973. The first-order chi connectivity index (χ1) is 6.74. The van der Waals surface area contributed by atoms with E-state index in [2.05, 4.69) is 19.9 Å². The second-order valence-electron chi connectivity index (χ2n) is 2.30. The van der Waals surface area contributed by atoms with Crippen LogP contribution < -0.4 is 0 Å². The van der Waals surface area contributed by atoms with E-state index >= 15 is 0 Å². The van der Waals surface area contributed by atoms with Gasteiger partial charge in [0.25, 0.3) is 0 Å². The smallest absolute Gasteiger partial charge is 0.316 e. The first kappa shape index (κ1) is 10.8. The summed E-state index contributed by atoms with van der Waals surface area (Å²) < 4.78 is 13.2. The molecule has 2 aromatic rings. The quantitative estimate of drug-likeness (QED) is 0.692. The molecule has 1 aromatic carbocycles. The number of fused-ring (bicyclic) bond motifs is 1. The number of aromatic amines is 1. The van der Waals surface area contributed by atoms with Crippen molar-refractivity contribution < 1.29 is 14.0 Å². The van der Waals surface area contributed by atoms with Crippen molar-refractivity contribution in [2.24, 2.45) is 0 Å². The van der Waals surface area contributed by atoms with Crippen LogP contribution in [0.15, 0.2) is 24.3 Å². The second-order valence-corrected chi connectivity index (χ2v) is 3.24. The molecule has 1 heterocycles. The molecule has 2 N–H and O–H groups in total. The Bertz CT molecular complexity index is 387. The minimum atomic E-state index is -2.62. The van der Waals surface area contributed by atoms with Gasteiger partial charge in [0.2, 0.25) is 0 Å². The lowest BCUT2D eigenvalue weighted by Gasteiger charge is -1.79. The Morgan fingerprint density at radius 1 is 1.50 bits per heavy atom. The Morgan fingerprint density at radius 2 is 2.14 bits per heavy atom. The van der Waals surface area contributed by atoms with Crippen molar-refractivity contribution >= 4 is 19.3 Å². The van der Waals surface area contributed by atoms with Crippen molar-refractivity contribution in [1.82, 2.24) is 15.4 Å². The molecule has 0 aliphatic carbocycles. The predicted molar refractivity (Wildman–Crippen MR) is 52.1 cm³/mol. The van der Waals surface area contributed by atoms with E-state index in [4.69, 9.17) is 4.89 Å². The molecule has 0 spiro atoms. The summed E-state index contributed by atoms with van der Waals surface area (Å²) in [5, 5.41) is 10.2. The van der Waals surface area contributed by atoms with Crippen molar-refractivity contribution in [2.45, 2.75) is 0 Å². The number of hydrogen-bond donors (Lipinski definition) is 2. The van der Waals surface area contributed by atoms with Crippen LogP contribution >= 0.6 is 8.25 Å². The van der Waals surface area contributed by atoms with Crippen LogP contribution in [0.5, 0.6) is 0 Å². The van der Waals surface area contributed by atoms with E-state index in [-0.39, 0.29) is 0 Å². The molecule has 1 unspecified atom stereocenters. The van der Waals surface area contributed by atoms with Crippen LogP contribution in [0.25, 0.3) is 11.0 Å². The molecule has 0 radical (unpaired) electrons. The molecule has 1 atom stereocenters. The molecule has 14 heavy (non-hydrogen) atoms. The number of aromatic nitrogens is 3. The van der Waals surface area contributed by atoms with Gasteiger partial charge in [-0.25, -0.2) is 0 Å². The number of hydrogen-bond acceptors (Lipinski definition) is 4. The third-order valence-corrected chi connectivity index (χ3v) is 1.76. The van der Waals surface area contributed by atoms with Gasteiger partial charge in [-0.2, -0.15) is 0 Å². The van der Waals surface area contributed by atoms with E-state index in [1.54, 1.807) is 0 Å². The monoisotopic (exact) mass is 215 g/mol. The summed E-state index contributed by atoms with van der Waals surface area (Å²) in [5.74, 6) is 0. The van der Waals surface area contributed by atoms with E-state index in [0.717, 1.165) is 11.0 Å². The number of nitrogens with one attached hydrogen (secondary N) is 1. The van der Waals surface area contributed by atoms with Gasteiger partial charge in [0.1, 0.15) is 5.52 Å². The van der Waals surface area contributed by atoms with Crippen LogP contribution in [0.2, 0.25) is 0 Å². The normalized spacial score (nSPS) is 11.9. The summed E-state index contributed by atoms with van der Waals surface area (Å²) in [6.07, 6.45) is 0. The van der Waals surface area contributed by atoms with E-state index in [1.807, 2.05) is 24.3 Å². The molecule has 0 fully saturated rings. The summed E-state index contributed by atoms with van der Waals surface area (Å²) in [6.45, 7) is 0. The van der Waals surface area contributed by atoms with Crippen molar-refractivity contribution in [3.8, 4) is 0 Å². The lowest BCUT2D eigenvalue weighted by molar-refractivity contribution is 0.343. The highest BCUT2D eigenvalue weighted by Crippen LogP contribution is 2.09. The van der Waals surface area contributed by atoms with Gasteiger partial charge in [0, 0.05) is 7.11 Å². The average molecular weight is 215 g/mol. The lowest BCUT2D eigenvalue weighted by Crippen LogP contribution is -1.63. The third kappa shape index (κ3) is 3.26. The molecule has 0 saturated carbocycles. The fraction of sp³-hybridized carbons (Fsp3) is 0.143. The largest absolute Gasteiger partial charge is 0.326 e. The first-order valence-corrected chi connectivity index (χ1v) is 5.03. The summed E-state index contributed by atoms with van der Waals surface area (Å²) in [7, 11) is -1.44. The van der Waals surface area contributed by atoms with Gasteiger partial charge in [-0.05, 0) is 12.1 Å². The van der Waals surface area contributed by atoms with Gasteiger partial charge in [-0.1, -0.05) is 17.3 Å². The third-order valence-electron chi connectivity index (χ3n) is 1.41. The minimum Gasteiger partial charge on any atom is -0.326 e. The average Bonchev–Trinajstić information content (AvgIpc) is 2.66. The fourth-order valence-corrected chi connectivity index (χ4v) is 0.788. The number of benzene rings is 1. The number of H-pyrrole nitrogens is 1. The highest BCUT2D eigenvalue weighted by Gasteiger charge is 1.90. The minimum absolute atomic E-state index is 0.914. The Labute approximate surface area is 80.9 Å². The second kappa shape index (κ2) is 5.49. The van der Waals surface area contributed by atoms with Crippen LogP contribution in [0.3, 0.4) is 0 Å². The molecule has 76 valence electrons. The highest BCUT2D eigenvalue weighted by atomic mass is 31.1. The molecule has 0 aliphatic rings. The Hall–Kier alpha value is -1.23. The molecular weight excluding hydrogens is 205 g/mol. The van der Waals surface area contributed by atoms with Gasteiger partial charge >= 0.3 is 8.25 Å². The van der Waals surface area contributed by atoms with Crippen molar-refractivity contribution in [2.75, 3.05) is 7.11 Å². The fourth-order valence-electron chi connectivity index (χ4n) is 0.788. The molecule has 7 heteroatoms. The Morgan fingerprint density at radius 3 is 2.71 bits per heavy atom. The molecule has 6 nitrogen and oxygen atoms in total. The number of para-hydroxylation sites is 1. The van der Waals surface area contributed by atoms with E-state index in [9.17, 15) is 4.57 Å². The van der Waals surface area contributed by atoms with Crippen LogP contribution in [0.4, 0.5) is 0 Å². The van der Waals surface area contributed by atoms with Crippen LogP contribution in [0, 0.1) is 0 Å². The summed E-state index contributed by atoms with van der Waals surface area (Å²) in [6, 6.07) is 7.74. The zero-order valence-electron chi connectivity index (χ0n) is 7.47. The standard InChI is InChI=1S/C6H5N3.CH5O3P/c1-2-4-6-5(3-1)7-9-8-6;1-4-5(2)3/h1-4H,(H,7,8,9);5H,1H3,(H,2,3). The zero-order valence-corrected chi connectivity index (χ0v) is 8.47. The molecule has 1 aromatic heterocycles.